The second-order valence-corrected chi connectivity index (χ2v) is 7.28. The summed E-state index contributed by atoms with van der Waals surface area (Å²) in [6.07, 6.45) is 2.73. The SMILES string of the molecule is Cc1cc(Cl)[nH]c2ccc3c(=O)c(C(=O)NN=Cc4ccc(Cl)cc4)cnc3c12. The van der Waals surface area contributed by atoms with Gasteiger partial charge in [0.2, 0.25) is 5.43 Å². The predicted octanol–water partition coefficient (Wildman–Crippen LogP) is 4.46. The van der Waals surface area contributed by atoms with Crippen LogP contribution in [0.5, 0.6) is 0 Å². The average molecular weight is 425 g/mol. The zero-order chi connectivity index (χ0) is 20.5. The molecule has 144 valence electrons. The molecule has 0 radical (unpaired) electrons. The van der Waals surface area contributed by atoms with Crippen LogP contribution in [0.3, 0.4) is 0 Å². The highest BCUT2D eigenvalue weighted by Crippen LogP contribution is 2.26. The number of halogens is 2. The van der Waals surface area contributed by atoms with Gasteiger partial charge in [-0.15, -0.1) is 0 Å². The highest BCUT2D eigenvalue weighted by atomic mass is 35.5. The molecule has 4 rings (SSSR count). The predicted molar refractivity (Wildman–Crippen MR) is 116 cm³/mol. The normalized spacial score (nSPS) is 11.4. The van der Waals surface area contributed by atoms with Crippen LogP contribution in [0.25, 0.3) is 21.8 Å². The van der Waals surface area contributed by atoms with Crippen LogP contribution in [-0.2, 0) is 0 Å². The smallest absolute Gasteiger partial charge is 0.276 e. The minimum atomic E-state index is -0.630. The second-order valence-electron chi connectivity index (χ2n) is 6.44. The van der Waals surface area contributed by atoms with E-state index in [2.05, 4.69) is 20.5 Å². The maximum absolute atomic E-state index is 12.9. The molecule has 1 amide bonds. The van der Waals surface area contributed by atoms with E-state index in [1.54, 1.807) is 42.5 Å². The van der Waals surface area contributed by atoms with Gasteiger partial charge in [0.1, 0.15) is 10.7 Å². The van der Waals surface area contributed by atoms with E-state index < -0.39 is 11.3 Å². The Bertz CT molecular complexity index is 1350. The van der Waals surface area contributed by atoms with Gasteiger partial charge in [-0.3, -0.25) is 14.6 Å². The topological polar surface area (TPSA) is 87.2 Å². The number of hydrazone groups is 1. The number of rotatable bonds is 3. The molecule has 4 aromatic rings. The van der Waals surface area contributed by atoms with Crippen molar-refractivity contribution in [2.24, 2.45) is 5.10 Å². The number of H-pyrrole nitrogens is 1. The number of fused-ring (bicyclic) bond motifs is 3. The van der Waals surface area contributed by atoms with E-state index in [9.17, 15) is 9.59 Å². The van der Waals surface area contributed by atoms with Crippen LogP contribution in [-0.4, -0.2) is 22.1 Å². The lowest BCUT2D eigenvalue weighted by Gasteiger charge is -2.08. The van der Waals surface area contributed by atoms with E-state index >= 15 is 0 Å². The van der Waals surface area contributed by atoms with Crippen molar-refractivity contribution >= 4 is 57.1 Å². The van der Waals surface area contributed by atoms with Gasteiger partial charge < -0.3 is 4.98 Å². The summed E-state index contributed by atoms with van der Waals surface area (Å²) in [6, 6.07) is 12.1. The van der Waals surface area contributed by atoms with Crippen LogP contribution in [0, 0.1) is 6.92 Å². The van der Waals surface area contributed by atoms with E-state index in [1.165, 1.54) is 12.4 Å². The number of aryl methyl sites for hydroxylation is 1. The van der Waals surface area contributed by atoms with Gasteiger partial charge in [-0.25, -0.2) is 5.43 Å². The highest BCUT2D eigenvalue weighted by molar-refractivity contribution is 6.30. The van der Waals surface area contributed by atoms with Crippen molar-refractivity contribution in [2.45, 2.75) is 6.92 Å². The van der Waals surface area contributed by atoms with Crippen LogP contribution in [0.4, 0.5) is 0 Å². The molecule has 0 bridgehead atoms. The van der Waals surface area contributed by atoms with Gasteiger partial charge in [0.15, 0.2) is 0 Å². The molecule has 2 N–H and O–H groups in total. The van der Waals surface area contributed by atoms with Crippen molar-refractivity contribution in [3.8, 4) is 0 Å². The lowest BCUT2D eigenvalue weighted by atomic mass is 10.0. The number of aromatic amines is 1. The Labute approximate surface area is 175 Å². The molecule has 0 saturated carbocycles. The average Bonchev–Trinajstić information content (AvgIpc) is 2.69. The van der Waals surface area contributed by atoms with Crippen molar-refractivity contribution in [3.05, 3.63) is 85.8 Å². The molecule has 2 heterocycles. The van der Waals surface area contributed by atoms with Gasteiger partial charge in [-0.2, -0.15) is 5.10 Å². The number of carbonyl (C=O) groups excluding carboxylic acids is 1. The van der Waals surface area contributed by atoms with Crippen molar-refractivity contribution in [3.63, 3.8) is 0 Å². The van der Waals surface area contributed by atoms with Crippen LogP contribution in [0.1, 0.15) is 21.5 Å². The summed E-state index contributed by atoms with van der Waals surface area (Å²) in [5.74, 6) is -0.630. The third kappa shape index (κ3) is 3.72. The first-order valence-corrected chi connectivity index (χ1v) is 9.39. The number of aromatic nitrogens is 2. The summed E-state index contributed by atoms with van der Waals surface area (Å²) in [5, 5.41) is 6.13. The summed E-state index contributed by atoms with van der Waals surface area (Å²) >= 11 is 11.9. The van der Waals surface area contributed by atoms with Gasteiger partial charge in [0, 0.05) is 27.5 Å². The summed E-state index contributed by atoms with van der Waals surface area (Å²) in [7, 11) is 0. The minimum absolute atomic E-state index is 0.0827. The highest BCUT2D eigenvalue weighted by Gasteiger charge is 2.15. The zero-order valence-corrected chi connectivity index (χ0v) is 16.7. The quantitative estimate of drug-likeness (QED) is 0.220. The van der Waals surface area contributed by atoms with E-state index in [0.717, 1.165) is 22.0 Å². The van der Waals surface area contributed by atoms with Gasteiger partial charge in [0.25, 0.3) is 5.91 Å². The molecule has 2 aromatic carbocycles. The Morgan fingerprint density at radius 2 is 1.93 bits per heavy atom. The first-order chi connectivity index (χ1) is 13.9. The van der Waals surface area contributed by atoms with Gasteiger partial charge in [0.05, 0.1) is 11.7 Å². The molecule has 0 unspecified atom stereocenters. The summed E-state index contributed by atoms with van der Waals surface area (Å²) in [6.45, 7) is 1.89. The molecular formula is C21H14Cl2N4O2. The largest absolute Gasteiger partial charge is 0.346 e. The number of nitrogens with one attached hydrogen (secondary N) is 2. The molecule has 8 heteroatoms. The fourth-order valence-electron chi connectivity index (χ4n) is 3.11. The standard InChI is InChI=1S/C21H14Cl2N4O2/c1-11-8-17(23)26-16-7-6-14-19(18(11)16)24-10-15(20(14)28)21(29)27-25-9-12-2-4-13(22)5-3-12/h2-10,26H,1H3,(H,27,29). The van der Waals surface area contributed by atoms with E-state index in [4.69, 9.17) is 23.2 Å². The van der Waals surface area contributed by atoms with Gasteiger partial charge in [-0.05, 0) is 48.4 Å². The van der Waals surface area contributed by atoms with Gasteiger partial charge in [-0.1, -0.05) is 35.3 Å². The number of hydrogen-bond acceptors (Lipinski definition) is 4. The number of nitrogens with zero attached hydrogens (tertiary/aromatic N) is 2. The number of carbonyl (C=O) groups is 1. The molecular weight excluding hydrogens is 411 g/mol. The number of hydrogen-bond donors (Lipinski definition) is 2. The monoisotopic (exact) mass is 424 g/mol. The van der Waals surface area contributed by atoms with Crippen molar-refractivity contribution in [1.82, 2.24) is 15.4 Å². The second kappa shape index (κ2) is 7.66. The summed E-state index contributed by atoms with van der Waals surface area (Å²) in [5.41, 5.74) is 4.78. The third-order valence-electron chi connectivity index (χ3n) is 4.48. The molecule has 2 aromatic heterocycles. The van der Waals surface area contributed by atoms with Crippen LogP contribution in [0.2, 0.25) is 10.2 Å². The molecule has 0 atom stereocenters. The Morgan fingerprint density at radius 3 is 2.69 bits per heavy atom. The lowest BCUT2D eigenvalue weighted by Crippen LogP contribution is -2.25. The van der Waals surface area contributed by atoms with Crippen molar-refractivity contribution in [1.29, 1.82) is 0 Å². The van der Waals surface area contributed by atoms with Crippen LogP contribution >= 0.6 is 23.2 Å². The molecule has 6 nitrogen and oxygen atoms in total. The maximum atomic E-state index is 12.9. The van der Waals surface area contributed by atoms with E-state index in [-0.39, 0.29) is 5.56 Å². The van der Waals surface area contributed by atoms with Crippen LogP contribution < -0.4 is 10.9 Å². The number of pyridine rings is 2. The molecule has 0 aliphatic rings. The van der Waals surface area contributed by atoms with Crippen molar-refractivity contribution < 1.29 is 4.79 Å². The van der Waals surface area contributed by atoms with Crippen molar-refractivity contribution in [2.75, 3.05) is 0 Å². The number of benzene rings is 2. The summed E-state index contributed by atoms with van der Waals surface area (Å²) in [4.78, 5) is 32.7. The van der Waals surface area contributed by atoms with E-state index in [1.807, 2.05) is 6.92 Å². The maximum Gasteiger partial charge on any atom is 0.276 e. The fraction of sp³-hybridized carbons (Fsp3) is 0.0476. The number of amides is 1. The molecule has 0 fully saturated rings. The first kappa shape index (κ1) is 19.1. The Hall–Kier alpha value is -3.22. The Balaban J connectivity index is 1.68. The zero-order valence-electron chi connectivity index (χ0n) is 15.2. The molecule has 0 aliphatic carbocycles. The molecule has 0 aliphatic heterocycles. The minimum Gasteiger partial charge on any atom is -0.346 e. The van der Waals surface area contributed by atoms with E-state index in [0.29, 0.717) is 21.1 Å². The van der Waals surface area contributed by atoms with Gasteiger partial charge >= 0.3 is 0 Å². The molecule has 0 spiro atoms. The molecule has 0 saturated heterocycles. The van der Waals surface area contributed by atoms with Crippen LogP contribution in [0.15, 0.2) is 58.6 Å². The summed E-state index contributed by atoms with van der Waals surface area (Å²) < 4.78 is 0. The lowest BCUT2D eigenvalue weighted by molar-refractivity contribution is 0.0954. The fourth-order valence-corrected chi connectivity index (χ4v) is 3.50. The Morgan fingerprint density at radius 1 is 1.17 bits per heavy atom. The third-order valence-corrected chi connectivity index (χ3v) is 4.93. The first-order valence-electron chi connectivity index (χ1n) is 8.64. The molecule has 29 heavy (non-hydrogen) atoms. The Kier molecular flexibility index (Phi) is 5.05.